The third-order valence-electron chi connectivity index (χ3n) is 4.72. The van der Waals surface area contributed by atoms with Crippen LogP contribution in [0.3, 0.4) is 0 Å². The minimum Gasteiger partial charge on any atom is -0.497 e. The molecule has 1 amide bonds. The van der Waals surface area contributed by atoms with Crippen molar-refractivity contribution in [2.75, 3.05) is 30.9 Å². The number of rotatable bonds is 10. The number of carbonyl (C=O) groups is 1. The van der Waals surface area contributed by atoms with E-state index in [9.17, 15) is 13.2 Å². The molecule has 0 spiro atoms. The number of carbonyl (C=O) groups excluding carboxylic acids is 1. The van der Waals surface area contributed by atoms with E-state index in [1.165, 1.54) is 44.6 Å². The van der Waals surface area contributed by atoms with E-state index in [1.54, 1.807) is 12.1 Å². The van der Waals surface area contributed by atoms with Gasteiger partial charge >= 0.3 is 0 Å². The molecule has 0 radical (unpaired) electrons. The summed E-state index contributed by atoms with van der Waals surface area (Å²) in [6.07, 6.45) is 0.158. The molecule has 3 aromatic rings. The largest absolute Gasteiger partial charge is 0.497 e. The molecule has 8 nitrogen and oxygen atoms in total. The molecular formula is C24H26N2O6S. The molecule has 0 heterocycles. The fourth-order valence-electron chi connectivity index (χ4n) is 2.93. The maximum atomic E-state index is 12.8. The average Bonchev–Trinajstić information content (AvgIpc) is 2.80. The van der Waals surface area contributed by atoms with Crippen LogP contribution in [-0.2, 0) is 14.8 Å². The predicted molar refractivity (Wildman–Crippen MR) is 127 cm³/mol. The van der Waals surface area contributed by atoms with Crippen molar-refractivity contribution in [2.45, 2.75) is 18.2 Å². The Balaban J connectivity index is 1.58. The van der Waals surface area contributed by atoms with Crippen LogP contribution in [0.1, 0.15) is 12.0 Å². The topological polar surface area (TPSA) is 103 Å². The Labute approximate surface area is 193 Å². The van der Waals surface area contributed by atoms with Crippen molar-refractivity contribution in [3.05, 3.63) is 72.3 Å². The van der Waals surface area contributed by atoms with Gasteiger partial charge in [-0.05, 0) is 55.5 Å². The van der Waals surface area contributed by atoms with Crippen molar-refractivity contribution >= 4 is 27.3 Å². The molecule has 0 unspecified atom stereocenters. The molecule has 0 bridgehead atoms. The number of aryl methyl sites for hydroxylation is 1. The van der Waals surface area contributed by atoms with Crippen LogP contribution in [0.15, 0.2) is 71.6 Å². The molecule has 174 valence electrons. The van der Waals surface area contributed by atoms with Gasteiger partial charge in [0.25, 0.3) is 10.0 Å². The highest BCUT2D eigenvalue weighted by Crippen LogP contribution is 2.31. The molecule has 3 aromatic carbocycles. The van der Waals surface area contributed by atoms with E-state index in [1.807, 2.05) is 31.2 Å². The van der Waals surface area contributed by atoms with Crippen LogP contribution in [0.5, 0.6) is 17.2 Å². The van der Waals surface area contributed by atoms with Crippen molar-refractivity contribution in [2.24, 2.45) is 0 Å². The Bertz CT molecular complexity index is 1190. The zero-order chi connectivity index (χ0) is 23.8. The van der Waals surface area contributed by atoms with E-state index in [-0.39, 0.29) is 29.5 Å². The van der Waals surface area contributed by atoms with Crippen molar-refractivity contribution in [1.29, 1.82) is 0 Å². The van der Waals surface area contributed by atoms with Gasteiger partial charge in [-0.25, -0.2) is 8.42 Å². The van der Waals surface area contributed by atoms with Gasteiger partial charge in [0.1, 0.15) is 17.2 Å². The summed E-state index contributed by atoms with van der Waals surface area (Å²) in [4.78, 5) is 12.2. The van der Waals surface area contributed by atoms with Crippen molar-refractivity contribution < 1.29 is 27.4 Å². The van der Waals surface area contributed by atoms with Crippen molar-refractivity contribution in [3.8, 4) is 17.2 Å². The molecule has 0 saturated heterocycles. The number of amides is 1. The quantitative estimate of drug-likeness (QED) is 0.460. The predicted octanol–water partition coefficient (Wildman–Crippen LogP) is 4.22. The number of methoxy groups -OCH3 is 2. The van der Waals surface area contributed by atoms with E-state index in [2.05, 4.69) is 10.0 Å². The van der Waals surface area contributed by atoms with Gasteiger partial charge in [-0.15, -0.1) is 0 Å². The third kappa shape index (κ3) is 6.63. The number of hydrogen-bond donors (Lipinski definition) is 2. The summed E-state index contributed by atoms with van der Waals surface area (Å²) in [6.45, 7) is 2.22. The van der Waals surface area contributed by atoms with Gasteiger partial charge in [0.2, 0.25) is 5.91 Å². The first-order valence-electron chi connectivity index (χ1n) is 10.1. The molecule has 0 fully saturated rings. The van der Waals surface area contributed by atoms with Crippen LogP contribution in [0, 0.1) is 6.92 Å². The SMILES string of the molecule is COc1ccc(OC)c(NS(=O)(=O)c2ccc(NC(=O)CCOc3ccc(C)cc3)cc2)c1. The molecule has 0 aliphatic rings. The van der Waals surface area contributed by atoms with Gasteiger partial charge in [0.05, 0.1) is 37.8 Å². The normalized spacial score (nSPS) is 10.9. The van der Waals surface area contributed by atoms with Gasteiger partial charge in [0, 0.05) is 11.8 Å². The second-order valence-electron chi connectivity index (χ2n) is 7.16. The lowest BCUT2D eigenvalue weighted by Crippen LogP contribution is -2.16. The smallest absolute Gasteiger partial charge is 0.262 e. The fourth-order valence-corrected chi connectivity index (χ4v) is 4.00. The standard InChI is InChI=1S/C24H26N2O6S/c1-17-4-8-19(9-5-17)32-15-14-24(27)25-18-6-11-21(12-7-18)33(28,29)26-22-16-20(30-2)10-13-23(22)31-3/h4-13,16,26H,14-15H2,1-3H3,(H,25,27). The first-order valence-corrected chi connectivity index (χ1v) is 11.6. The Morgan fingerprint density at radius 3 is 2.18 bits per heavy atom. The molecule has 33 heavy (non-hydrogen) atoms. The Kier molecular flexibility index (Phi) is 7.78. The van der Waals surface area contributed by atoms with Crippen LogP contribution in [0.25, 0.3) is 0 Å². The van der Waals surface area contributed by atoms with Gasteiger partial charge in [-0.3, -0.25) is 9.52 Å². The highest BCUT2D eigenvalue weighted by Gasteiger charge is 2.17. The molecule has 9 heteroatoms. The zero-order valence-corrected chi connectivity index (χ0v) is 19.4. The molecule has 0 aromatic heterocycles. The fraction of sp³-hybridized carbons (Fsp3) is 0.208. The highest BCUT2D eigenvalue weighted by molar-refractivity contribution is 7.92. The van der Waals surface area contributed by atoms with E-state index in [0.717, 1.165) is 5.56 Å². The zero-order valence-electron chi connectivity index (χ0n) is 18.6. The molecule has 2 N–H and O–H groups in total. The number of ether oxygens (including phenoxy) is 3. The van der Waals surface area contributed by atoms with Crippen LogP contribution < -0.4 is 24.2 Å². The minimum atomic E-state index is -3.88. The first kappa shape index (κ1) is 23.9. The van der Waals surface area contributed by atoms with E-state index >= 15 is 0 Å². The van der Waals surface area contributed by atoms with Crippen LogP contribution in [0.2, 0.25) is 0 Å². The summed E-state index contributed by atoms with van der Waals surface area (Å²) in [6, 6.07) is 18.2. The molecular weight excluding hydrogens is 444 g/mol. The van der Waals surface area contributed by atoms with Crippen molar-refractivity contribution in [1.82, 2.24) is 0 Å². The minimum absolute atomic E-state index is 0.0353. The molecule has 3 rings (SSSR count). The summed E-state index contributed by atoms with van der Waals surface area (Å²) in [5, 5.41) is 2.73. The monoisotopic (exact) mass is 470 g/mol. The van der Waals surface area contributed by atoms with Crippen LogP contribution in [0.4, 0.5) is 11.4 Å². The van der Waals surface area contributed by atoms with Gasteiger partial charge < -0.3 is 19.5 Å². The number of hydrogen-bond acceptors (Lipinski definition) is 6. The lowest BCUT2D eigenvalue weighted by atomic mass is 10.2. The number of benzene rings is 3. The molecule has 0 aliphatic heterocycles. The average molecular weight is 471 g/mol. The summed E-state index contributed by atoms with van der Waals surface area (Å²) < 4.78 is 44.0. The summed E-state index contributed by atoms with van der Waals surface area (Å²) in [7, 11) is -0.947. The van der Waals surface area contributed by atoms with Gasteiger partial charge in [0.15, 0.2) is 0 Å². The lowest BCUT2D eigenvalue weighted by Gasteiger charge is -2.13. The van der Waals surface area contributed by atoms with E-state index in [4.69, 9.17) is 14.2 Å². The number of nitrogens with one attached hydrogen (secondary N) is 2. The van der Waals surface area contributed by atoms with Crippen molar-refractivity contribution in [3.63, 3.8) is 0 Å². The summed E-state index contributed by atoms with van der Waals surface area (Å²) >= 11 is 0. The summed E-state index contributed by atoms with van der Waals surface area (Å²) in [5.41, 5.74) is 1.86. The van der Waals surface area contributed by atoms with E-state index < -0.39 is 10.0 Å². The Morgan fingerprint density at radius 1 is 0.879 bits per heavy atom. The summed E-state index contributed by atoms with van der Waals surface area (Å²) in [5.74, 6) is 1.30. The Hall–Kier alpha value is -3.72. The highest BCUT2D eigenvalue weighted by atomic mass is 32.2. The van der Waals surface area contributed by atoms with Gasteiger partial charge in [-0.1, -0.05) is 17.7 Å². The molecule has 0 aliphatic carbocycles. The Morgan fingerprint density at radius 2 is 1.55 bits per heavy atom. The molecule has 0 atom stereocenters. The number of sulfonamides is 1. The van der Waals surface area contributed by atoms with Crippen LogP contribution in [-0.4, -0.2) is 35.2 Å². The maximum absolute atomic E-state index is 12.8. The second-order valence-corrected chi connectivity index (χ2v) is 8.84. The van der Waals surface area contributed by atoms with E-state index in [0.29, 0.717) is 22.9 Å². The number of anilines is 2. The third-order valence-corrected chi connectivity index (χ3v) is 6.10. The first-order chi connectivity index (χ1) is 15.8. The molecule has 0 saturated carbocycles. The second kappa shape index (κ2) is 10.7. The maximum Gasteiger partial charge on any atom is 0.262 e. The van der Waals surface area contributed by atoms with Crippen LogP contribution >= 0.6 is 0 Å². The lowest BCUT2D eigenvalue weighted by molar-refractivity contribution is -0.116. The van der Waals surface area contributed by atoms with Gasteiger partial charge in [-0.2, -0.15) is 0 Å².